The van der Waals surface area contributed by atoms with Gasteiger partial charge in [0.1, 0.15) is 0 Å². The minimum atomic E-state index is -3.48. The zero-order chi connectivity index (χ0) is 16.8. The number of sulfonamides is 1. The van der Waals surface area contributed by atoms with Crippen LogP contribution < -0.4 is 10.5 Å². The molecule has 0 aromatic rings. The number of piperidine rings is 1. The van der Waals surface area contributed by atoms with Crippen LogP contribution in [0.15, 0.2) is 0 Å². The lowest BCUT2D eigenvalue weighted by Gasteiger charge is -2.33. The topological polar surface area (TPSA) is 102 Å². The van der Waals surface area contributed by atoms with Crippen LogP contribution in [0.4, 0.5) is 0 Å². The number of hydrogen-bond acceptors (Lipinski definition) is 5. The number of rotatable bonds is 8. The van der Waals surface area contributed by atoms with Gasteiger partial charge in [-0.15, -0.1) is 12.4 Å². The molecule has 1 unspecified atom stereocenters. The minimum absolute atomic E-state index is 0. The molecule has 138 valence electrons. The van der Waals surface area contributed by atoms with Crippen LogP contribution >= 0.6 is 12.4 Å². The number of halogens is 1. The van der Waals surface area contributed by atoms with Crippen LogP contribution in [0.1, 0.15) is 33.6 Å². The summed E-state index contributed by atoms with van der Waals surface area (Å²) in [5.74, 6) is 0.121. The first-order valence-electron chi connectivity index (χ1n) is 7.83. The second-order valence-electron chi connectivity index (χ2n) is 6.14. The maximum atomic E-state index is 12.0. The standard InChI is InChI=1S/C14H29N3O4S.ClH/c1-11(2)21-8-9-22(19,20)16-10-14(18)17-6-4-13(5-7-17)12(3)15;/h11-13,16H,4-10,15H2,1-3H3;1H. The minimum Gasteiger partial charge on any atom is -0.378 e. The van der Waals surface area contributed by atoms with Gasteiger partial charge >= 0.3 is 0 Å². The van der Waals surface area contributed by atoms with Crippen LogP contribution in [0.25, 0.3) is 0 Å². The lowest BCUT2D eigenvalue weighted by atomic mass is 9.91. The molecule has 1 aliphatic heterocycles. The fourth-order valence-electron chi connectivity index (χ4n) is 2.42. The summed E-state index contributed by atoms with van der Waals surface area (Å²) in [5.41, 5.74) is 5.87. The number of carbonyl (C=O) groups is 1. The summed E-state index contributed by atoms with van der Waals surface area (Å²) in [6.07, 6.45) is 1.74. The maximum Gasteiger partial charge on any atom is 0.237 e. The van der Waals surface area contributed by atoms with Crippen molar-refractivity contribution in [1.82, 2.24) is 9.62 Å². The van der Waals surface area contributed by atoms with Crippen molar-refractivity contribution in [2.24, 2.45) is 11.7 Å². The Hall–Kier alpha value is -0.410. The molecule has 1 rings (SSSR count). The van der Waals surface area contributed by atoms with Gasteiger partial charge in [-0.25, -0.2) is 13.1 Å². The molecule has 1 atom stereocenters. The van der Waals surface area contributed by atoms with Gasteiger partial charge in [0.15, 0.2) is 0 Å². The first-order valence-corrected chi connectivity index (χ1v) is 9.49. The third-order valence-electron chi connectivity index (χ3n) is 3.88. The zero-order valence-corrected chi connectivity index (χ0v) is 15.8. The van der Waals surface area contributed by atoms with Gasteiger partial charge < -0.3 is 15.4 Å². The van der Waals surface area contributed by atoms with Crippen molar-refractivity contribution in [2.75, 3.05) is 32.0 Å². The van der Waals surface area contributed by atoms with E-state index in [4.69, 9.17) is 10.5 Å². The van der Waals surface area contributed by atoms with Crippen molar-refractivity contribution < 1.29 is 17.9 Å². The molecule has 23 heavy (non-hydrogen) atoms. The Morgan fingerprint density at radius 3 is 2.35 bits per heavy atom. The predicted molar refractivity (Wildman–Crippen MR) is 93.1 cm³/mol. The molecule has 0 aliphatic carbocycles. The second kappa shape index (κ2) is 10.5. The van der Waals surface area contributed by atoms with E-state index in [1.54, 1.807) is 4.90 Å². The summed E-state index contributed by atoms with van der Waals surface area (Å²) in [5, 5.41) is 0. The number of amides is 1. The normalized spacial score (nSPS) is 17.9. The van der Waals surface area contributed by atoms with E-state index in [0.717, 1.165) is 12.8 Å². The lowest BCUT2D eigenvalue weighted by molar-refractivity contribution is -0.131. The Kier molecular flexibility index (Phi) is 10.3. The molecule has 3 N–H and O–H groups in total. The first kappa shape index (κ1) is 22.6. The van der Waals surface area contributed by atoms with E-state index in [2.05, 4.69) is 4.72 Å². The van der Waals surface area contributed by atoms with Gasteiger partial charge in [0, 0.05) is 19.1 Å². The number of nitrogens with two attached hydrogens (primary N) is 1. The number of nitrogens with one attached hydrogen (secondary N) is 1. The SMILES string of the molecule is CC(C)OCCS(=O)(=O)NCC(=O)N1CCC(C(C)N)CC1.Cl. The van der Waals surface area contributed by atoms with E-state index in [1.165, 1.54) is 0 Å². The number of hydrogen-bond donors (Lipinski definition) is 2. The molecule has 1 aliphatic rings. The lowest BCUT2D eigenvalue weighted by Crippen LogP contribution is -2.46. The van der Waals surface area contributed by atoms with Crippen molar-refractivity contribution in [3.8, 4) is 0 Å². The Morgan fingerprint density at radius 1 is 1.30 bits per heavy atom. The van der Waals surface area contributed by atoms with Gasteiger partial charge in [-0.3, -0.25) is 4.79 Å². The quantitative estimate of drug-likeness (QED) is 0.640. The van der Waals surface area contributed by atoms with E-state index >= 15 is 0 Å². The van der Waals surface area contributed by atoms with Crippen molar-refractivity contribution in [3.05, 3.63) is 0 Å². The number of ether oxygens (including phenoxy) is 1. The summed E-state index contributed by atoms with van der Waals surface area (Å²) in [7, 11) is -3.48. The molecule has 0 bridgehead atoms. The number of carbonyl (C=O) groups excluding carboxylic acids is 1. The Morgan fingerprint density at radius 2 is 1.87 bits per heavy atom. The van der Waals surface area contributed by atoms with Gasteiger partial charge in [0.25, 0.3) is 0 Å². The summed E-state index contributed by atoms with van der Waals surface area (Å²) in [6.45, 7) is 6.89. The molecular formula is C14H30ClN3O4S. The van der Waals surface area contributed by atoms with Gasteiger partial charge in [-0.05, 0) is 39.5 Å². The molecule has 1 heterocycles. The molecule has 0 aromatic heterocycles. The zero-order valence-electron chi connectivity index (χ0n) is 14.2. The molecule has 7 nitrogen and oxygen atoms in total. The number of nitrogens with zero attached hydrogens (tertiary/aromatic N) is 1. The fourth-order valence-corrected chi connectivity index (χ4v) is 3.23. The molecule has 1 saturated heterocycles. The Balaban J connectivity index is 0.00000484. The van der Waals surface area contributed by atoms with E-state index in [0.29, 0.717) is 19.0 Å². The Labute approximate surface area is 145 Å². The molecule has 9 heteroatoms. The number of likely N-dealkylation sites (tertiary alicyclic amines) is 1. The van der Waals surface area contributed by atoms with Crippen LogP contribution in [-0.4, -0.2) is 63.4 Å². The second-order valence-corrected chi connectivity index (χ2v) is 8.06. The maximum absolute atomic E-state index is 12.0. The van der Waals surface area contributed by atoms with Gasteiger partial charge in [-0.1, -0.05) is 0 Å². The van der Waals surface area contributed by atoms with Crippen LogP contribution in [0.3, 0.4) is 0 Å². The molecule has 0 spiro atoms. The highest BCUT2D eigenvalue weighted by molar-refractivity contribution is 7.89. The van der Waals surface area contributed by atoms with Crippen LogP contribution in [0.5, 0.6) is 0 Å². The average Bonchev–Trinajstić information content (AvgIpc) is 2.44. The summed E-state index contributed by atoms with van der Waals surface area (Å²) in [4.78, 5) is 13.7. The van der Waals surface area contributed by atoms with Crippen LogP contribution in [0.2, 0.25) is 0 Å². The summed E-state index contributed by atoms with van der Waals surface area (Å²) in [6, 6.07) is 0.136. The van der Waals surface area contributed by atoms with Gasteiger partial charge in [-0.2, -0.15) is 0 Å². The van der Waals surface area contributed by atoms with E-state index in [9.17, 15) is 13.2 Å². The molecule has 1 fully saturated rings. The summed E-state index contributed by atoms with van der Waals surface area (Å²) < 4.78 is 31.1. The largest absolute Gasteiger partial charge is 0.378 e. The summed E-state index contributed by atoms with van der Waals surface area (Å²) >= 11 is 0. The first-order chi connectivity index (χ1) is 10.2. The molecule has 0 saturated carbocycles. The molecule has 0 aromatic carbocycles. The van der Waals surface area contributed by atoms with Crippen molar-refractivity contribution in [2.45, 2.75) is 45.8 Å². The highest BCUT2D eigenvalue weighted by atomic mass is 35.5. The Bertz CT molecular complexity index is 449. The third kappa shape index (κ3) is 8.85. The van der Waals surface area contributed by atoms with Crippen LogP contribution in [-0.2, 0) is 19.6 Å². The average molecular weight is 372 g/mol. The van der Waals surface area contributed by atoms with Gasteiger partial charge in [0.05, 0.1) is 25.0 Å². The molecule has 1 amide bonds. The van der Waals surface area contributed by atoms with E-state index in [-0.39, 0.29) is 49.4 Å². The fraction of sp³-hybridized carbons (Fsp3) is 0.929. The van der Waals surface area contributed by atoms with Gasteiger partial charge in [0.2, 0.25) is 15.9 Å². The van der Waals surface area contributed by atoms with Crippen molar-refractivity contribution in [3.63, 3.8) is 0 Å². The van der Waals surface area contributed by atoms with E-state index in [1.807, 2.05) is 20.8 Å². The monoisotopic (exact) mass is 371 g/mol. The molecular weight excluding hydrogens is 342 g/mol. The van der Waals surface area contributed by atoms with Crippen molar-refractivity contribution >= 4 is 28.3 Å². The highest BCUT2D eigenvalue weighted by Gasteiger charge is 2.25. The third-order valence-corrected chi connectivity index (χ3v) is 5.17. The van der Waals surface area contributed by atoms with Crippen LogP contribution in [0, 0.1) is 5.92 Å². The predicted octanol–water partition coefficient (Wildman–Crippen LogP) is 0.338. The highest BCUT2D eigenvalue weighted by Crippen LogP contribution is 2.19. The van der Waals surface area contributed by atoms with E-state index < -0.39 is 10.0 Å². The van der Waals surface area contributed by atoms with Crippen molar-refractivity contribution in [1.29, 1.82) is 0 Å². The molecule has 0 radical (unpaired) electrons. The smallest absolute Gasteiger partial charge is 0.237 e.